The maximum atomic E-state index is 11.3. The van der Waals surface area contributed by atoms with Crippen LogP contribution in [0.3, 0.4) is 0 Å². The number of carbonyl (C=O) groups excluding carboxylic acids is 2. The minimum Gasteiger partial charge on any atom is -1.00 e. The van der Waals surface area contributed by atoms with E-state index < -0.39 is 41.3 Å². The number of aliphatic hydroxyl groups excluding tert-OH is 1. The Bertz CT molecular complexity index is 949. The summed E-state index contributed by atoms with van der Waals surface area (Å²) in [5.41, 5.74) is -0.931. The summed E-state index contributed by atoms with van der Waals surface area (Å²) >= 11 is 3.15. The molecule has 0 aromatic heterocycles. The molecule has 0 unspecified atom stereocenters. The van der Waals surface area contributed by atoms with Crippen LogP contribution in [-0.2, 0) is 19.2 Å². The van der Waals surface area contributed by atoms with Gasteiger partial charge in [0.2, 0.25) is 0 Å². The topological polar surface area (TPSA) is 146 Å². The van der Waals surface area contributed by atoms with Gasteiger partial charge in [-0.3, -0.25) is 4.79 Å². The quantitative estimate of drug-likeness (QED) is 0.0491. The number of allylic oxidation sites excluding steroid dienone is 5. The Morgan fingerprint density at radius 1 is 0.697 bits per heavy atom. The van der Waals surface area contributed by atoms with Gasteiger partial charge in [0.05, 0.1) is 0 Å². The molecule has 0 saturated carbocycles. The van der Waals surface area contributed by atoms with Crippen molar-refractivity contribution >= 4 is 54.1 Å². The van der Waals surface area contributed by atoms with Crippen molar-refractivity contribution in [3.05, 3.63) is 54.8 Å². The van der Waals surface area contributed by atoms with Gasteiger partial charge >= 0.3 is 199 Å². The fourth-order valence-electron chi connectivity index (χ4n) is 0.333. The molecule has 0 fully saturated rings. The maximum absolute atomic E-state index is 11.3. The van der Waals surface area contributed by atoms with Crippen LogP contribution in [0.2, 0.25) is 0 Å². The number of hydrogen-bond donors (Lipinski definition) is 2. The molecule has 443 valence electrons. The number of methoxy groups -OCH3 is 1. The molecule has 0 aliphatic carbocycles. The first-order valence-electron chi connectivity index (χ1n) is 21.9. The van der Waals surface area contributed by atoms with Gasteiger partial charge in [-0.05, 0) is 89.0 Å². The number of unbranched alkanes of at least 4 members (excludes halogenated alkanes) is 1. The van der Waals surface area contributed by atoms with Gasteiger partial charge in [-0.15, -0.1) is 47.6 Å². The Morgan fingerprint density at radius 2 is 0.829 bits per heavy atom. The Balaban J connectivity index is -0.0000000131. The molecule has 0 amide bonds. The molecule has 0 saturated heterocycles. The predicted molar refractivity (Wildman–Crippen MR) is 302 cm³/mol. The summed E-state index contributed by atoms with van der Waals surface area (Å²) in [5.74, 6) is 6.88. The molecule has 25 heteroatoms. The summed E-state index contributed by atoms with van der Waals surface area (Å²) < 4.78 is 101. The SMILES string of the molecule is Br.C#CC.C#CC(C)(C)O.C/C(F)=C(/C)F.CC.CC.CC.CC.CC.CC#CC.CC(F)=C(F)F.CC/C=C\CC.CC=O.CCBr.CCO.CCOC.FC(F)=C(F)F.O=CO[O-].[B].[CH2-]CCC.[H-].[H-].[K+].[K+].[Li+].[Na+].[Na+].[OH-]. The first-order chi connectivity index (χ1) is 31.7. The Hall–Kier alpha value is 2.85. The number of halogens is 11. The van der Waals surface area contributed by atoms with E-state index in [4.69, 9.17) is 31.5 Å². The monoisotopic (exact) mass is 1320 g/mol. The van der Waals surface area contributed by atoms with Crippen LogP contribution in [0, 0.1) is 43.5 Å². The van der Waals surface area contributed by atoms with Crippen molar-refractivity contribution in [3.63, 3.8) is 0 Å². The zero-order chi connectivity index (χ0) is 60.0. The number of hydrogen-bond acceptors (Lipinski definition) is 8. The Kier molecular flexibility index (Phi) is 538. The number of aldehydes is 1. The van der Waals surface area contributed by atoms with Crippen LogP contribution >= 0.6 is 32.9 Å². The number of ether oxygens (including phenoxy) is 1. The predicted octanol–water partition coefficient (Wildman–Crippen LogP) is 3.38. The summed E-state index contributed by atoms with van der Waals surface area (Å²) in [5, 5.41) is 25.7. The second kappa shape index (κ2) is 239. The summed E-state index contributed by atoms with van der Waals surface area (Å²) in [6.45, 7) is 49.3. The molecule has 0 aliphatic rings. The van der Waals surface area contributed by atoms with Crippen LogP contribution in [-0.4, -0.2) is 68.1 Å². The fourth-order valence-corrected chi connectivity index (χ4v) is 0.333. The van der Waals surface area contributed by atoms with E-state index in [1.807, 2.05) is 96.9 Å². The van der Waals surface area contributed by atoms with Crippen molar-refractivity contribution in [2.24, 2.45) is 0 Å². The molecule has 0 rings (SSSR count). The summed E-state index contributed by atoms with van der Waals surface area (Å²) in [4.78, 5) is 20.1. The summed E-state index contributed by atoms with van der Waals surface area (Å²) in [7, 11) is 1.68. The molecule has 3 radical (unpaired) electrons. The zero-order valence-corrected chi connectivity index (χ0v) is 67.3. The van der Waals surface area contributed by atoms with Crippen molar-refractivity contribution in [1.82, 2.24) is 0 Å². The molecule has 76 heavy (non-hydrogen) atoms. The number of carbonyl (C=O) groups is 2. The molecule has 8 nitrogen and oxygen atoms in total. The minimum atomic E-state index is -2.91. The van der Waals surface area contributed by atoms with E-state index in [0.29, 0.717) is 6.92 Å². The molecule has 0 bridgehead atoms. The average molecular weight is 1320 g/mol. The van der Waals surface area contributed by atoms with E-state index in [9.17, 15) is 39.5 Å². The van der Waals surface area contributed by atoms with Crippen molar-refractivity contribution in [2.45, 2.75) is 204 Å². The van der Waals surface area contributed by atoms with Crippen molar-refractivity contribution in [3.8, 4) is 36.5 Å². The van der Waals surface area contributed by atoms with E-state index in [2.05, 4.69) is 95.5 Å². The van der Waals surface area contributed by atoms with Crippen LogP contribution in [0.5, 0.6) is 0 Å². The molecule has 0 aromatic carbocycles. The van der Waals surface area contributed by atoms with Crippen LogP contribution in [0.25, 0.3) is 0 Å². The van der Waals surface area contributed by atoms with Crippen LogP contribution in [0.1, 0.15) is 202 Å². The normalized spacial score (nSPS) is 6.39. The van der Waals surface area contributed by atoms with Gasteiger partial charge in [0.15, 0.2) is 5.83 Å². The van der Waals surface area contributed by atoms with E-state index >= 15 is 0 Å². The third-order valence-electron chi connectivity index (χ3n) is 2.80. The fraction of sp³-hybridized carbons (Fsp3) is 0.667. The third kappa shape index (κ3) is 716. The van der Waals surface area contributed by atoms with Crippen LogP contribution < -0.4 is 186 Å². The third-order valence-corrected chi connectivity index (χ3v) is 2.80. The second-order valence-corrected chi connectivity index (χ2v) is 9.73. The standard InChI is InChI=1S/C6H12.C5H8O.C4H6F2.C4H9.C4H6.C3H3F3.C3H8O.C3H4.C2H5Br.C2F4.C2H6O.C2H4O.5C2H6.CH2O3.B.BrH.2K.Li.2Na.H2O.2H/c1-3-5-6-4-2;1-4-5(2,3)6;1-3(5)4(2)6;2*1-3-4-2;1-2(4)3(5)6;1-3-4-2;1-3-2;1-2-3;3-1(4)2(5)6;2*1-2-3;5*1-2;2-1-4-3;;;;;;;;;;/h5-6H,3-4H2,1-2H3;1,6H,2-3H3;1-2H3;1,3-4H2,2H3;1-2H3;1H3;3H2,1-2H3;1H,2H3;2H2,1H3;;3H,2H2,1H3;2H,1H3;5*1-2H3;1,3H;;1H;;;;;;1H2;;/q;;;-1;;;;;;;;;;;;;;;;;5*+1;;2*-1/p-2/b6-5-;;4-3+;;;;;;;;;;;;;;;;;;;;;;;;;. The summed E-state index contributed by atoms with van der Waals surface area (Å²) in [6.07, 6.45) is 11.1. The van der Waals surface area contributed by atoms with Crippen LogP contribution in [0.4, 0.5) is 39.5 Å². The molecule has 0 atom stereocenters. The number of terminal acetylenes is 2. The number of aliphatic hydroxyl groups is 2. The maximum Gasteiger partial charge on any atom is 1.00 e. The van der Waals surface area contributed by atoms with Gasteiger partial charge in [0.25, 0.3) is 6.47 Å². The average Bonchev–Trinajstić information content (AvgIpc) is 3.33. The van der Waals surface area contributed by atoms with Gasteiger partial charge in [-0.1, -0.05) is 137 Å². The smallest absolute Gasteiger partial charge is 1.00 e. The van der Waals surface area contributed by atoms with E-state index in [0.717, 1.165) is 38.5 Å². The minimum absolute atomic E-state index is 0. The Morgan fingerprint density at radius 3 is 0.842 bits per heavy atom. The van der Waals surface area contributed by atoms with Crippen molar-refractivity contribution in [2.75, 3.05) is 25.7 Å². The largest absolute Gasteiger partial charge is 1.00 e. The van der Waals surface area contributed by atoms with Gasteiger partial charge < -0.3 is 45.1 Å². The molecular formula is C51H106BBr2F9K2LiNa2O8. The molecular weight excluding hydrogens is 1210 g/mol. The first kappa shape index (κ1) is 171. The van der Waals surface area contributed by atoms with Crippen molar-refractivity contribution < 1.29 is 263 Å². The summed E-state index contributed by atoms with van der Waals surface area (Å²) in [6, 6.07) is 0. The molecule has 0 aromatic rings. The molecule has 0 heterocycles. The first-order valence-corrected chi connectivity index (χ1v) is 23.0. The van der Waals surface area contributed by atoms with Gasteiger partial charge in [0.1, 0.15) is 23.5 Å². The van der Waals surface area contributed by atoms with E-state index in [1.165, 1.54) is 26.2 Å². The van der Waals surface area contributed by atoms with E-state index in [-0.39, 0.29) is 228 Å². The van der Waals surface area contributed by atoms with Gasteiger partial charge in [0, 0.05) is 34.1 Å². The number of alkyl halides is 1. The van der Waals surface area contributed by atoms with Crippen LogP contribution in [0.15, 0.2) is 47.9 Å². The molecule has 0 spiro atoms. The zero-order valence-electron chi connectivity index (χ0n) is 55.8. The molecule has 0 aliphatic heterocycles. The molecule has 3 N–H and O–H groups in total. The Labute approximate surface area is 629 Å². The van der Waals surface area contributed by atoms with E-state index in [1.54, 1.807) is 34.8 Å². The van der Waals surface area contributed by atoms with Crippen molar-refractivity contribution in [1.29, 1.82) is 0 Å². The second-order valence-electron chi connectivity index (χ2n) is 8.60. The van der Waals surface area contributed by atoms with Gasteiger partial charge in [-0.25, -0.2) is 13.2 Å². The number of rotatable bonds is 5. The van der Waals surface area contributed by atoms with Gasteiger partial charge in [-0.2, -0.15) is 32.8 Å².